The molecule has 0 bridgehead atoms. The Bertz CT molecular complexity index is 787. The van der Waals surface area contributed by atoms with Crippen molar-refractivity contribution in [2.24, 2.45) is 0 Å². The van der Waals surface area contributed by atoms with Crippen molar-refractivity contribution >= 4 is 24.1 Å². The van der Waals surface area contributed by atoms with Crippen LogP contribution in [-0.4, -0.2) is 44.3 Å². The lowest BCUT2D eigenvalue weighted by atomic mass is 10.1. The third kappa shape index (κ3) is 7.16. The van der Waals surface area contributed by atoms with E-state index in [-0.39, 0.29) is 30.4 Å². The normalized spacial score (nSPS) is 12.8. The Balaban J connectivity index is 1.99. The predicted octanol–water partition coefficient (Wildman–Crippen LogP) is 3.11. The molecule has 2 rings (SSSR count). The zero-order valence-corrected chi connectivity index (χ0v) is 17.1. The molecule has 0 fully saturated rings. The zero-order valence-electron chi connectivity index (χ0n) is 16.3. The van der Waals surface area contributed by atoms with Crippen molar-refractivity contribution in [3.05, 3.63) is 65.5 Å². The summed E-state index contributed by atoms with van der Waals surface area (Å²) in [7, 11) is 1.50. The maximum Gasteiger partial charge on any atom is 0.239 e. The summed E-state index contributed by atoms with van der Waals surface area (Å²) in [6.07, 6.45) is 2.06. The molecule has 2 unspecified atom stereocenters. The minimum Gasteiger partial charge on any atom is -0.491 e. The van der Waals surface area contributed by atoms with Gasteiger partial charge in [0.25, 0.3) is 0 Å². The van der Waals surface area contributed by atoms with E-state index in [1.165, 1.54) is 24.9 Å². The Morgan fingerprint density at radius 3 is 2.55 bits per heavy atom. The Morgan fingerprint density at radius 1 is 1.21 bits per heavy atom. The van der Waals surface area contributed by atoms with Gasteiger partial charge in [-0.15, -0.1) is 0 Å². The number of hydrogen-bond donors (Lipinski definition) is 1. The number of hydrogen-bond acceptors (Lipinski definition) is 6. The molecule has 6 nitrogen and oxygen atoms in total. The lowest BCUT2D eigenvalue weighted by Crippen LogP contribution is -2.32. The molecule has 156 valence electrons. The molecule has 2 aromatic carbocycles. The van der Waals surface area contributed by atoms with Crippen molar-refractivity contribution in [1.29, 1.82) is 0 Å². The number of imide groups is 1. The van der Waals surface area contributed by atoms with Gasteiger partial charge >= 0.3 is 0 Å². The van der Waals surface area contributed by atoms with Crippen LogP contribution in [0.3, 0.4) is 0 Å². The fraction of sp³-hybridized carbons (Fsp3) is 0.333. The van der Waals surface area contributed by atoms with Gasteiger partial charge in [0.05, 0.1) is 5.25 Å². The second kappa shape index (κ2) is 12.2. The van der Waals surface area contributed by atoms with E-state index < -0.39 is 6.10 Å². The number of halogens is 1. The van der Waals surface area contributed by atoms with Gasteiger partial charge in [-0.25, -0.2) is 4.39 Å². The van der Waals surface area contributed by atoms with E-state index in [2.05, 4.69) is 5.32 Å². The van der Waals surface area contributed by atoms with E-state index in [1.807, 2.05) is 18.4 Å². The molecule has 0 aliphatic heterocycles. The molecular formula is C21H24FNO5S. The van der Waals surface area contributed by atoms with Crippen molar-refractivity contribution in [2.45, 2.75) is 17.8 Å². The molecule has 2 aromatic rings. The number of nitrogens with one attached hydrogen (secondary N) is 1. The summed E-state index contributed by atoms with van der Waals surface area (Å²) in [5.41, 5.74) is 1.32. The van der Waals surface area contributed by atoms with Gasteiger partial charge in [-0.05, 0) is 36.4 Å². The Hall–Kier alpha value is -2.42. The highest BCUT2D eigenvalue weighted by molar-refractivity contribution is 7.99. The molecule has 0 saturated heterocycles. The highest BCUT2D eigenvalue weighted by Gasteiger charge is 2.19. The maximum atomic E-state index is 14.1. The van der Waals surface area contributed by atoms with E-state index in [0.717, 1.165) is 5.56 Å². The summed E-state index contributed by atoms with van der Waals surface area (Å²) in [6, 6.07) is 13.6. The molecular weight excluding hydrogens is 397 g/mol. The van der Waals surface area contributed by atoms with E-state index in [0.29, 0.717) is 24.1 Å². The van der Waals surface area contributed by atoms with Crippen molar-refractivity contribution in [3.63, 3.8) is 0 Å². The fourth-order valence-electron chi connectivity index (χ4n) is 2.66. The molecule has 1 N–H and O–H groups in total. The molecule has 0 aromatic heterocycles. The van der Waals surface area contributed by atoms with Crippen LogP contribution in [0.5, 0.6) is 5.75 Å². The highest BCUT2D eigenvalue weighted by atomic mass is 32.2. The van der Waals surface area contributed by atoms with Crippen LogP contribution in [0.4, 0.5) is 4.39 Å². The van der Waals surface area contributed by atoms with Crippen LogP contribution in [-0.2, 0) is 25.5 Å². The summed E-state index contributed by atoms with van der Waals surface area (Å²) in [5, 5.41) is 1.82. The van der Waals surface area contributed by atoms with Gasteiger partial charge in [0.1, 0.15) is 31.1 Å². The molecule has 2 atom stereocenters. The number of carbonyl (C=O) groups is 2. The lowest BCUT2D eigenvalue weighted by molar-refractivity contribution is -0.124. The summed E-state index contributed by atoms with van der Waals surface area (Å²) in [4.78, 5) is 22.3. The van der Waals surface area contributed by atoms with Crippen molar-refractivity contribution in [2.75, 3.05) is 26.8 Å². The number of ether oxygens (including phenoxy) is 3. The van der Waals surface area contributed by atoms with Crippen molar-refractivity contribution < 1.29 is 28.2 Å². The summed E-state index contributed by atoms with van der Waals surface area (Å²) >= 11 is 1.37. The first-order chi connectivity index (χ1) is 14.1. The minimum absolute atomic E-state index is 0.0141. The SMILES string of the molecule is COCOC(COc1ccc(CC(SC)C(=O)NC=O)cc1)c1ccccc1F. The number of thioether (sulfide) groups is 1. The monoisotopic (exact) mass is 421 g/mol. The molecule has 0 spiro atoms. The van der Waals surface area contributed by atoms with E-state index >= 15 is 0 Å². The number of amides is 2. The molecule has 0 heterocycles. The smallest absolute Gasteiger partial charge is 0.239 e. The zero-order chi connectivity index (χ0) is 21.1. The third-order valence-electron chi connectivity index (χ3n) is 4.16. The van der Waals surface area contributed by atoms with Crippen LogP contribution < -0.4 is 10.1 Å². The average Bonchev–Trinajstić information content (AvgIpc) is 2.74. The van der Waals surface area contributed by atoms with E-state index in [9.17, 15) is 14.0 Å². The Labute approximate surface area is 173 Å². The van der Waals surface area contributed by atoms with Crippen LogP contribution in [0.25, 0.3) is 0 Å². The molecule has 8 heteroatoms. The second-order valence-corrected chi connectivity index (χ2v) is 7.13. The first kappa shape index (κ1) is 22.9. The summed E-state index contributed by atoms with van der Waals surface area (Å²) in [5.74, 6) is -0.103. The van der Waals surface area contributed by atoms with Gasteiger partial charge in [-0.2, -0.15) is 11.8 Å². The molecule has 0 saturated carbocycles. The first-order valence-electron chi connectivity index (χ1n) is 8.92. The van der Waals surface area contributed by atoms with Gasteiger partial charge in [-0.3, -0.25) is 14.9 Å². The molecule has 0 aliphatic rings. The average molecular weight is 421 g/mol. The lowest BCUT2D eigenvalue weighted by Gasteiger charge is -2.19. The number of methoxy groups -OCH3 is 1. The van der Waals surface area contributed by atoms with Gasteiger partial charge < -0.3 is 14.2 Å². The quantitative estimate of drug-likeness (QED) is 0.419. The molecule has 29 heavy (non-hydrogen) atoms. The predicted molar refractivity (Wildman–Crippen MR) is 109 cm³/mol. The van der Waals surface area contributed by atoms with Crippen LogP contribution in [0, 0.1) is 5.82 Å². The molecule has 0 radical (unpaired) electrons. The fourth-order valence-corrected chi connectivity index (χ4v) is 3.30. The van der Waals surface area contributed by atoms with Crippen LogP contribution >= 0.6 is 11.8 Å². The molecule has 2 amide bonds. The Kier molecular flexibility index (Phi) is 9.63. The first-order valence-corrected chi connectivity index (χ1v) is 10.2. The van der Waals surface area contributed by atoms with E-state index in [1.54, 1.807) is 30.3 Å². The van der Waals surface area contributed by atoms with Crippen molar-refractivity contribution in [1.82, 2.24) is 5.32 Å². The standard InChI is InChI=1S/C21H24FNO5S/c1-26-14-28-19(17-5-3-4-6-18(17)22)12-27-16-9-7-15(8-10-16)11-20(29-2)21(25)23-13-24/h3-10,13,19-20H,11-12,14H2,1-2H3,(H,23,24,25). The summed E-state index contributed by atoms with van der Waals surface area (Å²) < 4.78 is 30.3. The number of benzene rings is 2. The van der Waals surface area contributed by atoms with Gasteiger partial charge in [0.2, 0.25) is 12.3 Å². The third-order valence-corrected chi connectivity index (χ3v) is 5.11. The largest absolute Gasteiger partial charge is 0.491 e. The minimum atomic E-state index is -0.622. The van der Waals surface area contributed by atoms with Crippen LogP contribution in [0.1, 0.15) is 17.2 Å². The topological polar surface area (TPSA) is 73.9 Å². The molecule has 0 aliphatic carbocycles. The number of carbonyl (C=O) groups excluding carboxylic acids is 2. The van der Waals surface area contributed by atoms with Crippen LogP contribution in [0.2, 0.25) is 0 Å². The number of rotatable bonds is 12. The second-order valence-electron chi connectivity index (χ2n) is 6.09. The maximum absolute atomic E-state index is 14.1. The van der Waals surface area contributed by atoms with Gasteiger partial charge in [0.15, 0.2) is 0 Å². The van der Waals surface area contributed by atoms with Gasteiger partial charge in [-0.1, -0.05) is 30.3 Å². The van der Waals surface area contributed by atoms with Crippen LogP contribution in [0.15, 0.2) is 48.5 Å². The van der Waals surface area contributed by atoms with Gasteiger partial charge in [0, 0.05) is 12.7 Å². The highest BCUT2D eigenvalue weighted by Crippen LogP contribution is 2.23. The summed E-state index contributed by atoms with van der Waals surface area (Å²) in [6.45, 7) is 0.124. The Morgan fingerprint density at radius 2 is 1.93 bits per heavy atom. The van der Waals surface area contributed by atoms with E-state index in [4.69, 9.17) is 14.2 Å². The van der Waals surface area contributed by atoms with Crippen molar-refractivity contribution in [3.8, 4) is 5.75 Å².